The molecule has 0 bridgehead atoms. The summed E-state index contributed by atoms with van der Waals surface area (Å²) in [5.41, 5.74) is 3.51. The van der Waals surface area contributed by atoms with E-state index in [2.05, 4.69) is 75.4 Å². The lowest BCUT2D eigenvalue weighted by Gasteiger charge is -2.49. The lowest BCUT2D eigenvalue weighted by Crippen LogP contribution is -2.45. The second-order valence-corrected chi connectivity index (χ2v) is 8.89. The second-order valence-electron chi connectivity index (χ2n) is 7.87. The smallest absolute Gasteiger partial charge is 0.0101 e. The van der Waals surface area contributed by atoms with E-state index in [1.54, 1.807) is 0 Å². The van der Waals surface area contributed by atoms with E-state index in [-0.39, 0.29) is 5.41 Å². The van der Waals surface area contributed by atoms with Crippen LogP contribution in [-0.4, -0.2) is 5.75 Å². The molecule has 1 heteroatoms. The third-order valence-corrected chi connectivity index (χ3v) is 7.80. The molecule has 128 valence electrons. The van der Waals surface area contributed by atoms with E-state index >= 15 is 0 Å². The molecule has 0 aliphatic heterocycles. The lowest BCUT2D eigenvalue weighted by atomic mass is 9.57. The molecule has 0 N–H and O–H groups in total. The van der Waals surface area contributed by atoms with Gasteiger partial charge in [0.05, 0.1) is 0 Å². The predicted molar refractivity (Wildman–Crippen MR) is 107 cm³/mol. The minimum atomic E-state index is 0.210. The van der Waals surface area contributed by atoms with E-state index in [9.17, 15) is 0 Å². The number of aryl methyl sites for hydroxylation is 1. The van der Waals surface area contributed by atoms with E-state index < -0.39 is 0 Å². The Morgan fingerprint density at radius 3 is 2.21 bits per heavy atom. The van der Waals surface area contributed by atoms with Crippen molar-refractivity contribution in [1.82, 2.24) is 0 Å². The highest BCUT2D eigenvalue weighted by atomic mass is 32.2. The van der Waals surface area contributed by atoms with Crippen LogP contribution >= 0.6 is 11.8 Å². The summed E-state index contributed by atoms with van der Waals surface area (Å²) < 4.78 is 0. The van der Waals surface area contributed by atoms with Crippen LogP contribution in [0.25, 0.3) is 0 Å². The molecule has 1 aliphatic rings. The van der Waals surface area contributed by atoms with E-state index in [1.807, 2.05) is 11.8 Å². The summed E-state index contributed by atoms with van der Waals surface area (Å²) in [6.45, 7) is 7.28. The third kappa shape index (κ3) is 3.42. The summed E-state index contributed by atoms with van der Waals surface area (Å²) in [6.07, 6.45) is 6.88. The van der Waals surface area contributed by atoms with E-state index in [1.165, 1.54) is 48.1 Å². The van der Waals surface area contributed by atoms with Gasteiger partial charge < -0.3 is 0 Å². The quantitative estimate of drug-likeness (QED) is 0.528. The Balaban J connectivity index is 1.92. The molecule has 1 aliphatic carbocycles. The monoisotopic (exact) mass is 338 g/mol. The van der Waals surface area contributed by atoms with Gasteiger partial charge in [-0.2, -0.15) is 0 Å². The molecule has 0 amide bonds. The van der Waals surface area contributed by atoms with E-state index in [0.717, 1.165) is 5.75 Å². The average Bonchev–Trinajstić information content (AvgIpc) is 2.62. The van der Waals surface area contributed by atoms with Crippen LogP contribution in [-0.2, 0) is 5.41 Å². The molecule has 1 atom stereocenters. The predicted octanol–water partition coefficient (Wildman–Crippen LogP) is 7.02. The molecule has 2 aromatic rings. The topological polar surface area (TPSA) is 0 Å². The zero-order chi connectivity index (χ0) is 17.0. The maximum atomic E-state index is 2.54. The SMILES string of the molecule is Cc1ccccc1SC[C@](C)(c1ccccc1)C1(C)CCCCC1. The normalized spacial score (nSPS) is 19.6. The molecular formula is C23H30S. The van der Waals surface area contributed by atoms with Crippen molar-refractivity contribution in [3.63, 3.8) is 0 Å². The summed E-state index contributed by atoms with van der Waals surface area (Å²) >= 11 is 2.04. The van der Waals surface area contributed by atoms with E-state index in [0.29, 0.717) is 5.41 Å². The number of thioether (sulfide) groups is 1. The molecule has 0 aromatic heterocycles. The summed E-state index contributed by atoms with van der Waals surface area (Å²) in [4.78, 5) is 1.43. The van der Waals surface area contributed by atoms with Crippen LogP contribution in [0.2, 0.25) is 0 Å². The van der Waals surface area contributed by atoms with Gasteiger partial charge in [-0.25, -0.2) is 0 Å². The second kappa shape index (κ2) is 7.35. The Bertz CT molecular complexity index is 655. The van der Waals surface area contributed by atoms with Gasteiger partial charge in [0.2, 0.25) is 0 Å². The number of rotatable bonds is 5. The number of hydrogen-bond donors (Lipinski definition) is 0. The molecular weight excluding hydrogens is 308 g/mol. The number of benzene rings is 2. The highest BCUT2D eigenvalue weighted by Gasteiger charge is 2.45. The molecule has 0 nitrogen and oxygen atoms in total. The molecule has 24 heavy (non-hydrogen) atoms. The Labute approximate surface area is 152 Å². The van der Waals surface area contributed by atoms with Crippen LogP contribution in [0.3, 0.4) is 0 Å². The van der Waals surface area contributed by atoms with Crippen molar-refractivity contribution < 1.29 is 0 Å². The van der Waals surface area contributed by atoms with Crippen molar-refractivity contribution in [3.8, 4) is 0 Å². The van der Waals surface area contributed by atoms with Crippen molar-refractivity contribution in [1.29, 1.82) is 0 Å². The maximum absolute atomic E-state index is 2.54. The summed E-state index contributed by atoms with van der Waals surface area (Å²) in [5, 5.41) is 0. The first-order chi connectivity index (χ1) is 11.6. The van der Waals surface area contributed by atoms with Crippen LogP contribution in [0.4, 0.5) is 0 Å². The first kappa shape index (κ1) is 17.6. The van der Waals surface area contributed by atoms with E-state index in [4.69, 9.17) is 0 Å². The van der Waals surface area contributed by atoms with Crippen molar-refractivity contribution in [3.05, 3.63) is 65.7 Å². The van der Waals surface area contributed by atoms with Gasteiger partial charge in [-0.1, -0.05) is 81.6 Å². The standard InChI is InChI=1S/C23H30S/c1-19-12-8-9-15-21(19)24-18-23(3,20-13-6-4-7-14-20)22(2)16-10-5-11-17-22/h4,6-9,12-15H,5,10-11,16-18H2,1-3H3/t23-/m1/s1. The first-order valence-electron chi connectivity index (χ1n) is 9.29. The highest BCUT2D eigenvalue weighted by Crippen LogP contribution is 2.53. The van der Waals surface area contributed by atoms with Gasteiger partial charge in [-0.3, -0.25) is 0 Å². The molecule has 2 aromatic carbocycles. The number of hydrogen-bond acceptors (Lipinski definition) is 1. The Morgan fingerprint density at radius 1 is 0.917 bits per heavy atom. The fourth-order valence-corrected chi connectivity index (χ4v) is 5.67. The third-order valence-electron chi connectivity index (χ3n) is 6.31. The van der Waals surface area contributed by atoms with Crippen molar-refractivity contribution >= 4 is 11.8 Å². The molecule has 0 heterocycles. The van der Waals surface area contributed by atoms with Gasteiger partial charge in [0.1, 0.15) is 0 Å². The van der Waals surface area contributed by atoms with Crippen LogP contribution < -0.4 is 0 Å². The van der Waals surface area contributed by atoms with Gasteiger partial charge in [-0.15, -0.1) is 11.8 Å². The van der Waals surface area contributed by atoms with Crippen LogP contribution in [0.15, 0.2) is 59.5 Å². The summed E-state index contributed by atoms with van der Waals surface area (Å²) in [5.74, 6) is 1.15. The average molecular weight is 339 g/mol. The van der Waals surface area contributed by atoms with Crippen LogP contribution in [0, 0.1) is 12.3 Å². The molecule has 1 fully saturated rings. The van der Waals surface area contributed by atoms with Crippen molar-refractivity contribution in [2.75, 3.05) is 5.75 Å². The zero-order valence-electron chi connectivity index (χ0n) is 15.3. The molecule has 0 unspecified atom stereocenters. The Kier molecular flexibility index (Phi) is 5.39. The molecule has 1 saturated carbocycles. The molecule has 0 radical (unpaired) electrons. The summed E-state index contributed by atoms with van der Waals surface area (Å²) in [6, 6.07) is 20.0. The maximum Gasteiger partial charge on any atom is 0.0101 e. The Morgan fingerprint density at radius 2 is 1.54 bits per heavy atom. The summed E-state index contributed by atoms with van der Waals surface area (Å²) in [7, 11) is 0. The van der Waals surface area contributed by atoms with Crippen LogP contribution in [0.1, 0.15) is 57.1 Å². The van der Waals surface area contributed by atoms with Gasteiger partial charge in [-0.05, 0) is 42.4 Å². The molecule has 3 rings (SSSR count). The zero-order valence-corrected chi connectivity index (χ0v) is 16.2. The van der Waals surface area contributed by atoms with Gasteiger partial charge in [0, 0.05) is 16.1 Å². The molecule has 0 saturated heterocycles. The van der Waals surface area contributed by atoms with Crippen LogP contribution in [0.5, 0.6) is 0 Å². The van der Waals surface area contributed by atoms with Crippen molar-refractivity contribution in [2.24, 2.45) is 5.41 Å². The minimum absolute atomic E-state index is 0.210. The first-order valence-corrected chi connectivity index (χ1v) is 10.3. The van der Waals surface area contributed by atoms with Gasteiger partial charge in [0.15, 0.2) is 0 Å². The fourth-order valence-electron chi connectivity index (χ4n) is 4.24. The van der Waals surface area contributed by atoms with Gasteiger partial charge >= 0.3 is 0 Å². The lowest BCUT2D eigenvalue weighted by molar-refractivity contribution is 0.111. The van der Waals surface area contributed by atoms with Gasteiger partial charge in [0.25, 0.3) is 0 Å². The largest absolute Gasteiger partial charge is 0.125 e. The highest BCUT2D eigenvalue weighted by molar-refractivity contribution is 7.99. The van der Waals surface area contributed by atoms with Crippen molar-refractivity contribution in [2.45, 2.75) is 63.2 Å². The fraction of sp³-hybridized carbons (Fsp3) is 0.478. The minimum Gasteiger partial charge on any atom is -0.125 e. The molecule has 0 spiro atoms. The Hall–Kier alpha value is -1.21.